The van der Waals surface area contributed by atoms with Crippen molar-refractivity contribution in [2.24, 2.45) is 5.92 Å². The summed E-state index contributed by atoms with van der Waals surface area (Å²) >= 11 is 5.99. The van der Waals surface area contributed by atoms with Gasteiger partial charge in [0.15, 0.2) is 0 Å². The number of piperidine rings is 1. The molecule has 4 rings (SSSR count). The highest BCUT2D eigenvalue weighted by Crippen LogP contribution is 2.48. The number of halogens is 1. The van der Waals surface area contributed by atoms with Crippen LogP contribution in [0.15, 0.2) is 40.8 Å². The standard InChI is InChI=1S/C22H27ClN2O2/c1-16-4-9-20(27-16)15-25-12-2-3-17(14-25)13-24-21(26)22(10-11-22)18-5-7-19(23)8-6-18/h4-9,17H,2-3,10-15H2,1H3,(H,24,26)/t17-/m0/s1. The fraction of sp³-hybridized carbons (Fsp3) is 0.500. The number of likely N-dealkylation sites (tertiary alicyclic amines) is 1. The predicted octanol–water partition coefficient (Wildman–Crippen LogP) is 4.30. The van der Waals surface area contributed by atoms with Crippen LogP contribution in [-0.2, 0) is 16.8 Å². The Bertz CT molecular complexity index is 795. The first-order valence-corrected chi connectivity index (χ1v) is 10.2. The van der Waals surface area contributed by atoms with Crippen molar-refractivity contribution >= 4 is 17.5 Å². The lowest BCUT2D eigenvalue weighted by Crippen LogP contribution is -2.43. The third-order valence-corrected chi connectivity index (χ3v) is 6.16. The van der Waals surface area contributed by atoms with Gasteiger partial charge in [0, 0.05) is 18.1 Å². The number of rotatable bonds is 6. The quantitative estimate of drug-likeness (QED) is 0.804. The molecular formula is C22H27ClN2O2. The molecule has 2 fully saturated rings. The molecule has 1 saturated heterocycles. The van der Waals surface area contributed by atoms with Crippen LogP contribution >= 0.6 is 11.6 Å². The number of furan rings is 1. The van der Waals surface area contributed by atoms with E-state index in [1.807, 2.05) is 37.3 Å². The predicted molar refractivity (Wildman–Crippen MR) is 107 cm³/mol. The summed E-state index contributed by atoms with van der Waals surface area (Å²) in [5, 5.41) is 3.95. The van der Waals surface area contributed by atoms with Crippen LogP contribution in [0.4, 0.5) is 0 Å². The number of hydrogen-bond donors (Lipinski definition) is 1. The molecule has 27 heavy (non-hydrogen) atoms. The third kappa shape index (κ3) is 4.22. The molecule has 2 aromatic rings. The summed E-state index contributed by atoms with van der Waals surface area (Å²) in [4.78, 5) is 15.3. The van der Waals surface area contributed by atoms with Gasteiger partial charge in [0.05, 0.1) is 12.0 Å². The number of aryl methyl sites for hydroxylation is 1. The van der Waals surface area contributed by atoms with Crippen LogP contribution in [0.5, 0.6) is 0 Å². The molecule has 1 aromatic heterocycles. The fourth-order valence-electron chi connectivity index (χ4n) is 4.20. The first-order chi connectivity index (χ1) is 13.0. The maximum atomic E-state index is 12.9. The summed E-state index contributed by atoms with van der Waals surface area (Å²) in [7, 11) is 0. The maximum Gasteiger partial charge on any atom is 0.230 e. The molecule has 2 aliphatic rings. The van der Waals surface area contributed by atoms with Crippen molar-refractivity contribution < 1.29 is 9.21 Å². The van der Waals surface area contributed by atoms with Crippen molar-refractivity contribution in [2.75, 3.05) is 19.6 Å². The average molecular weight is 387 g/mol. The molecule has 1 aromatic carbocycles. The highest BCUT2D eigenvalue weighted by atomic mass is 35.5. The molecule has 1 atom stereocenters. The Morgan fingerprint density at radius 3 is 2.70 bits per heavy atom. The first-order valence-electron chi connectivity index (χ1n) is 9.87. The summed E-state index contributed by atoms with van der Waals surface area (Å²) in [5.41, 5.74) is 0.757. The Morgan fingerprint density at radius 1 is 1.26 bits per heavy atom. The van der Waals surface area contributed by atoms with Gasteiger partial charge in [0.25, 0.3) is 0 Å². The molecule has 2 heterocycles. The second kappa shape index (κ2) is 7.69. The molecule has 1 saturated carbocycles. The molecular weight excluding hydrogens is 360 g/mol. The van der Waals surface area contributed by atoms with E-state index in [2.05, 4.69) is 16.3 Å². The molecule has 1 aliphatic carbocycles. The second-order valence-corrected chi connectivity index (χ2v) is 8.49. The summed E-state index contributed by atoms with van der Waals surface area (Å²) in [6.45, 7) is 5.69. The van der Waals surface area contributed by atoms with E-state index in [0.29, 0.717) is 10.9 Å². The lowest BCUT2D eigenvalue weighted by Gasteiger charge is -2.32. The molecule has 0 spiro atoms. The Morgan fingerprint density at radius 2 is 2.04 bits per heavy atom. The number of amides is 1. The minimum atomic E-state index is -0.329. The van der Waals surface area contributed by atoms with E-state index >= 15 is 0 Å². The lowest BCUT2D eigenvalue weighted by atomic mass is 9.93. The Labute approximate surface area is 165 Å². The normalized spacial score (nSPS) is 21.8. The molecule has 1 N–H and O–H groups in total. The number of hydrogen-bond acceptors (Lipinski definition) is 3. The van der Waals surface area contributed by atoms with Crippen molar-refractivity contribution in [3.8, 4) is 0 Å². The Balaban J connectivity index is 1.30. The lowest BCUT2D eigenvalue weighted by molar-refractivity contribution is -0.123. The fourth-order valence-corrected chi connectivity index (χ4v) is 4.32. The monoisotopic (exact) mass is 386 g/mol. The number of nitrogens with zero attached hydrogens (tertiary/aromatic N) is 1. The zero-order chi connectivity index (χ0) is 18.9. The highest BCUT2D eigenvalue weighted by Gasteiger charge is 2.51. The van der Waals surface area contributed by atoms with E-state index < -0.39 is 0 Å². The Hall–Kier alpha value is -1.78. The minimum absolute atomic E-state index is 0.170. The van der Waals surface area contributed by atoms with Gasteiger partial charge in [0.1, 0.15) is 11.5 Å². The third-order valence-electron chi connectivity index (χ3n) is 5.91. The molecule has 1 amide bonds. The van der Waals surface area contributed by atoms with Crippen LogP contribution in [-0.4, -0.2) is 30.4 Å². The molecule has 1 aliphatic heterocycles. The van der Waals surface area contributed by atoms with Crippen LogP contribution in [0.3, 0.4) is 0 Å². The number of carbonyl (C=O) groups is 1. The molecule has 144 valence electrons. The van der Waals surface area contributed by atoms with E-state index in [-0.39, 0.29) is 11.3 Å². The van der Waals surface area contributed by atoms with E-state index in [9.17, 15) is 4.79 Å². The van der Waals surface area contributed by atoms with E-state index in [1.165, 1.54) is 12.8 Å². The van der Waals surface area contributed by atoms with Crippen LogP contribution in [0.1, 0.15) is 42.8 Å². The van der Waals surface area contributed by atoms with Gasteiger partial charge < -0.3 is 9.73 Å². The molecule has 5 heteroatoms. The SMILES string of the molecule is Cc1ccc(CN2CCC[C@@H](CNC(=O)C3(c4ccc(Cl)cc4)CC3)C2)o1. The van der Waals surface area contributed by atoms with Gasteiger partial charge in [-0.25, -0.2) is 0 Å². The number of benzene rings is 1. The van der Waals surface area contributed by atoms with Gasteiger partial charge in [0.2, 0.25) is 5.91 Å². The number of carbonyl (C=O) groups excluding carboxylic acids is 1. The van der Waals surface area contributed by atoms with Crippen LogP contribution in [0.25, 0.3) is 0 Å². The van der Waals surface area contributed by atoms with Gasteiger partial charge in [-0.15, -0.1) is 0 Å². The summed E-state index contributed by atoms with van der Waals surface area (Å²) in [5.74, 6) is 2.66. The van der Waals surface area contributed by atoms with Gasteiger partial charge in [-0.3, -0.25) is 9.69 Å². The van der Waals surface area contributed by atoms with Crippen LogP contribution < -0.4 is 5.32 Å². The van der Waals surface area contributed by atoms with Crippen molar-refractivity contribution in [2.45, 2.75) is 44.6 Å². The van der Waals surface area contributed by atoms with Gasteiger partial charge in [-0.1, -0.05) is 23.7 Å². The van der Waals surface area contributed by atoms with E-state index in [1.54, 1.807) is 0 Å². The molecule has 0 radical (unpaired) electrons. The second-order valence-electron chi connectivity index (χ2n) is 8.05. The zero-order valence-electron chi connectivity index (χ0n) is 15.8. The maximum absolute atomic E-state index is 12.9. The smallest absolute Gasteiger partial charge is 0.230 e. The van der Waals surface area contributed by atoms with Crippen molar-refractivity contribution in [1.82, 2.24) is 10.2 Å². The zero-order valence-corrected chi connectivity index (χ0v) is 16.6. The first kappa shape index (κ1) is 18.6. The average Bonchev–Trinajstić information content (AvgIpc) is 3.38. The van der Waals surface area contributed by atoms with Crippen molar-refractivity contribution in [3.63, 3.8) is 0 Å². The molecule has 0 bridgehead atoms. The van der Waals surface area contributed by atoms with E-state index in [4.69, 9.17) is 16.0 Å². The van der Waals surface area contributed by atoms with Crippen molar-refractivity contribution in [3.05, 3.63) is 58.5 Å². The highest BCUT2D eigenvalue weighted by molar-refractivity contribution is 6.30. The summed E-state index contributed by atoms with van der Waals surface area (Å²) < 4.78 is 5.71. The Kier molecular flexibility index (Phi) is 5.29. The van der Waals surface area contributed by atoms with Gasteiger partial charge >= 0.3 is 0 Å². The molecule has 0 unspecified atom stereocenters. The van der Waals surface area contributed by atoms with Gasteiger partial charge in [-0.05, 0) is 74.9 Å². The molecule has 4 nitrogen and oxygen atoms in total. The summed E-state index contributed by atoms with van der Waals surface area (Å²) in [6.07, 6.45) is 4.19. The van der Waals surface area contributed by atoms with Gasteiger partial charge in [-0.2, -0.15) is 0 Å². The van der Waals surface area contributed by atoms with E-state index in [0.717, 1.165) is 56.1 Å². The van der Waals surface area contributed by atoms with Crippen LogP contribution in [0, 0.1) is 12.8 Å². The topological polar surface area (TPSA) is 45.5 Å². The summed E-state index contributed by atoms with van der Waals surface area (Å²) in [6, 6.07) is 11.8. The minimum Gasteiger partial charge on any atom is -0.465 e. The van der Waals surface area contributed by atoms with Crippen molar-refractivity contribution in [1.29, 1.82) is 0 Å². The number of nitrogens with one attached hydrogen (secondary N) is 1. The van der Waals surface area contributed by atoms with Crippen LogP contribution in [0.2, 0.25) is 5.02 Å². The largest absolute Gasteiger partial charge is 0.465 e.